The standard InChI is InChI=1S/C29H29F3N2O3/c1-18(2)22-13-25-23(14-26(22)37-3)24(15-27(35)36)28(34(25)17-19-8-5-4-6-9-19)33-16-20-10-7-11-21(12-20)29(30,31)32/h4-14,18,33H,15-17H2,1-3H3,(H,35,36). The quantitative estimate of drug-likeness (QED) is 0.253. The van der Waals surface area contributed by atoms with Crippen LogP contribution in [0.5, 0.6) is 5.75 Å². The fourth-order valence-electron chi connectivity index (χ4n) is 4.59. The van der Waals surface area contributed by atoms with Crippen LogP contribution in [0.2, 0.25) is 0 Å². The Kier molecular flexibility index (Phi) is 7.47. The summed E-state index contributed by atoms with van der Waals surface area (Å²) in [6.45, 7) is 4.65. The number of carbonyl (C=O) groups is 1. The van der Waals surface area contributed by atoms with Gasteiger partial charge in [-0.15, -0.1) is 0 Å². The number of anilines is 1. The zero-order valence-corrected chi connectivity index (χ0v) is 20.9. The summed E-state index contributed by atoms with van der Waals surface area (Å²) < 4.78 is 47.4. The van der Waals surface area contributed by atoms with E-state index in [1.54, 1.807) is 13.2 Å². The summed E-state index contributed by atoms with van der Waals surface area (Å²) in [4.78, 5) is 11.9. The molecule has 1 heterocycles. The fraction of sp³-hybridized carbons (Fsp3) is 0.276. The first-order valence-electron chi connectivity index (χ1n) is 12.0. The molecule has 2 N–H and O–H groups in total. The Balaban J connectivity index is 1.88. The SMILES string of the molecule is COc1cc2c(CC(=O)O)c(NCc3cccc(C(F)(F)F)c3)n(Cc3ccccc3)c2cc1C(C)C. The van der Waals surface area contributed by atoms with Gasteiger partial charge in [0, 0.05) is 24.0 Å². The number of ether oxygens (including phenoxy) is 1. The lowest BCUT2D eigenvalue weighted by molar-refractivity contribution is -0.138. The molecule has 0 radical (unpaired) electrons. The van der Waals surface area contributed by atoms with Crippen LogP contribution < -0.4 is 10.1 Å². The van der Waals surface area contributed by atoms with Crippen molar-refractivity contribution in [3.05, 3.63) is 94.5 Å². The molecular formula is C29H29F3N2O3. The lowest BCUT2D eigenvalue weighted by Crippen LogP contribution is -2.12. The van der Waals surface area contributed by atoms with Crippen molar-refractivity contribution in [3.63, 3.8) is 0 Å². The van der Waals surface area contributed by atoms with E-state index < -0.39 is 17.7 Å². The molecule has 0 aliphatic heterocycles. The van der Waals surface area contributed by atoms with Crippen LogP contribution in [0.1, 0.15) is 47.6 Å². The molecule has 4 aromatic rings. The molecule has 0 saturated heterocycles. The number of aromatic nitrogens is 1. The summed E-state index contributed by atoms with van der Waals surface area (Å²) in [7, 11) is 1.58. The predicted molar refractivity (Wildman–Crippen MR) is 138 cm³/mol. The van der Waals surface area contributed by atoms with E-state index in [9.17, 15) is 23.1 Å². The van der Waals surface area contributed by atoms with E-state index in [1.165, 1.54) is 6.07 Å². The average molecular weight is 511 g/mol. The first-order chi connectivity index (χ1) is 17.6. The molecule has 4 rings (SSSR count). The maximum atomic E-state index is 13.3. The minimum atomic E-state index is -4.45. The normalized spacial score (nSPS) is 11.8. The molecule has 3 aromatic carbocycles. The molecule has 0 atom stereocenters. The number of aliphatic carboxylic acids is 1. The second-order valence-electron chi connectivity index (χ2n) is 9.29. The van der Waals surface area contributed by atoms with Crippen LogP contribution in [-0.2, 0) is 30.5 Å². The van der Waals surface area contributed by atoms with Gasteiger partial charge in [0.15, 0.2) is 0 Å². The van der Waals surface area contributed by atoms with E-state index in [4.69, 9.17) is 4.74 Å². The Labute approximate surface area is 213 Å². The third-order valence-corrected chi connectivity index (χ3v) is 6.37. The van der Waals surface area contributed by atoms with Crippen molar-refractivity contribution >= 4 is 22.7 Å². The number of halogens is 3. The van der Waals surface area contributed by atoms with E-state index in [1.807, 2.05) is 47.0 Å². The Morgan fingerprint density at radius 1 is 1.03 bits per heavy atom. The number of alkyl halides is 3. The highest BCUT2D eigenvalue weighted by atomic mass is 19.4. The number of hydrogen-bond acceptors (Lipinski definition) is 3. The molecule has 0 amide bonds. The third-order valence-electron chi connectivity index (χ3n) is 6.37. The minimum absolute atomic E-state index is 0.0931. The van der Waals surface area contributed by atoms with Crippen LogP contribution in [0, 0.1) is 0 Å². The Morgan fingerprint density at radius 2 is 1.73 bits per heavy atom. The van der Waals surface area contributed by atoms with Crippen LogP contribution in [-0.4, -0.2) is 22.8 Å². The fourth-order valence-corrected chi connectivity index (χ4v) is 4.59. The largest absolute Gasteiger partial charge is 0.496 e. The molecule has 8 heteroatoms. The Morgan fingerprint density at radius 3 is 2.35 bits per heavy atom. The van der Waals surface area contributed by atoms with Crippen LogP contribution >= 0.6 is 0 Å². The molecule has 0 saturated carbocycles. The minimum Gasteiger partial charge on any atom is -0.496 e. The van der Waals surface area contributed by atoms with Crippen molar-refractivity contribution in [2.45, 2.75) is 45.5 Å². The molecule has 194 valence electrons. The number of benzene rings is 3. The number of rotatable bonds is 9. The molecule has 0 aliphatic rings. The summed E-state index contributed by atoms with van der Waals surface area (Å²) in [6.07, 6.45) is -4.70. The highest BCUT2D eigenvalue weighted by Gasteiger charge is 2.30. The van der Waals surface area contributed by atoms with Crippen molar-refractivity contribution in [2.24, 2.45) is 0 Å². The number of methoxy groups -OCH3 is 1. The molecule has 0 aliphatic carbocycles. The summed E-state index contributed by atoms with van der Waals surface area (Å²) in [5, 5.41) is 13.7. The van der Waals surface area contributed by atoms with Crippen LogP contribution in [0.25, 0.3) is 10.9 Å². The lowest BCUT2D eigenvalue weighted by atomic mass is 9.99. The lowest BCUT2D eigenvalue weighted by Gasteiger charge is -2.16. The first kappa shape index (κ1) is 26.1. The number of nitrogens with zero attached hydrogens (tertiary/aromatic N) is 1. The smallest absolute Gasteiger partial charge is 0.416 e. The van der Waals surface area contributed by atoms with Gasteiger partial charge in [0.2, 0.25) is 0 Å². The van der Waals surface area contributed by atoms with E-state index >= 15 is 0 Å². The number of carboxylic acids is 1. The van der Waals surface area contributed by atoms with Gasteiger partial charge in [-0.3, -0.25) is 4.79 Å². The van der Waals surface area contributed by atoms with Crippen molar-refractivity contribution in [1.29, 1.82) is 0 Å². The van der Waals surface area contributed by atoms with Gasteiger partial charge in [-0.2, -0.15) is 13.2 Å². The molecular weight excluding hydrogens is 481 g/mol. The Bertz CT molecular complexity index is 1410. The molecule has 0 bridgehead atoms. The summed E-state index contributed by atoms with van der Waals surface area (Å²) in [5.41, 5.74) is 3.08. The molecule has 0 spiro atoms. The molecule has 0 fully saturated rings. The second kappa shape index (κ2) is 10.6. The molecule has 0 unspecified atom stereocenters. The van der Waals surface area contributed by atoms with E-state index in [2.05, 4.69) is 19.2 Å². The van der Waals surface area contributed by atoms with Gasteiger partial charge in [-0.25, -0.2) is 0 Å². The predicted octanol–water partition coefficient (Wildman–Crippen LogP) is 7.08. The summed E-state index contributed by atoms with van der Waals surface area (Å²) >= 11 is 0. The van der Waals surface area contributed by atoms with Gasteiger partial charge >= 0.3 is 12.1 Å². The van der Waals surface area contributed by atoms with E-state index in [0.717, 1.165) is 34.2 Å². The number of nitrogens with one attached hydrogen (secondary N) is 1. The average Bonchev–Trinajstić information content (AvgIpc) is 3.12. The van der Waals surface area contributed by atoms with Gasteiger partial charge in [-0.1, -0.05) is 56.3 Å². The Hall–Kier alpha value is -3.94. The van der Waals surface area contributed by atoms with Gasteiger partial charge in [0.1, 0.15) is 11.6 Å². The maximum Gasteiger partial charge on any atom is 0.416 e. The topological polar surface area (TPSA) is 63.5 Å². The van der Waals surface area contributed by atoms with Gasteiger partial charge in [-0.05, 0) is 46.9 Å². The van der Waals surface area contributed by atoms with Crippen LogP contribution in [0.3, 0.4) is 0 Å². The van der Waals surface area contributed by atoms with Crippen LogP contribution in [0.4, 0.5) is 19.0 Å². The van der Waals surface area contributed by atoms with Crippen molar-refractivity contribution < 1.29 is 27.8 Å². The number of hydrogen-bond donors (Lipinski definition) is 2. The summed E-state index contributed by atoms with van der Waals surface area (Å²) in [6, 6.07) is 18.7. The highest BCUT2D eigenvalue weighted by molar-refractivity contribution is 5.95. The van der Waals surface area contributed by atoms with Crippen LogP contribution in [0.15, 0.2) is 66.7 Å². The monoisotopic (exact) mass is 510 g/mol. The van der Waals surface area contributed by atoms with Gasteiger partial charge in [0.05, 0.1) is 24.6 Å². The van der Waals surface area contributed by atoms with Crippen molar-refractivity contribution in [1.82, 2.24) is 4.57 Å². The molecule has 37 heavy (non-hydrogen) atoms. The van der Waals surface area contributed by atoms with Gasteiger partial charge in [0.25, 0.3) is 0 Å². The second-order valence-corrected chi connectivity index (χ2v) is 9.29. The van der Waals surface area contributed by atoms with E-state index in [-0.39, 0.29) is 18.9 Å². The first-order valence-corrected chi connectivity index (χ1v) is 12.0. The third kappa shape index (κ3) is 5.74. The van der Waals surface area contributed by atoms with Crippen molar-refractivity contribution in [3.8, 4) is 5.75 Å². The zero-order chi connectivity index (χ0) is 26.7. The number of fused-ring (bicyclic) bond motifs is 1. The molecule has 1 aromatic heterocycles. The van der Waals surface area contributed by atoms with Gasteiger partial charge < -0.3 is 19.7 Å². The zero-order valence-electron chi connectivity index (χ0n) is 20.9. The van der Waals surface area contributed by atoms with Crippen molar-refractivity contribution in [2.75, 3.05) is 12.4 Å². The number of carboxylic acid groups (broad SMARTS) is 1. The highest BCUT2D eigenvalue weighted by Crippen LogP contribution is 2.39. The van der Waals surface area contributed by atoms with E-state index in [0.29, 0.717) is 29.2 Å². The maximum absolute atomic E-state index is 13.3. The summed E-state index contributed by atoms with van der Waals surface area (Å²) in [5.74, 6) is 0.369. The molecule has 5 nitrogen and oxygen atoms in total.